The van der Waals surface area contributed by atoms with Crippen molar-refractivity contribution in [3.63, 3.8) is 0 Å². The summed E-state index contributed by atoms with van der Waals surface area (Å²) < 4.78 is 29.4. The maximum Gasteiger partial charge on any atom is 0.264 e. The molecule has 0 aliphatic rings. The zero-order chi connectivity index (χ0) is 31.7. The van der Waals surface area contributed by atoms with Gasteiger partial charge in [-0.3, -0.25) is 13.9 Å². The number of carbonyl (C=O) groups is 2. The molecule has 4 aromatic carbocycles. The van der Waals surface area contributed by atoms with E-state index in [0.29, 0.717) is 17.8 Å². The number of amides is 2. The molecule has 0 saturated heterocycles. The highest BCUT2D eigenvalue weighted by Crippen LogP contribution is 2.28. The molecule has 0 radical (unpaired) electrons. The SMILES string of the molecule is Cc1ccccc1CN(C(=O)CN(c1ccccc1C)S(=O)(=O)c1ccccc1)C(Cc1ccccc1)C(=O)NCC(C)C. The van der Waals surface area contributed by atoms with Gasteiger partial charge in [-0.25, -0.2) is 8.42 Å². The van der Waals surface area contributed by atoms with Gasteiger partial charge in [0.25, 0.3) is 10.0 Å². The third-order valence-corrected chi connectivity index (χ3v) is 9.33. The lowest BCUT2D eigenvalue weighted by Crippen LogP contribution is -2.54. The number of nitrogens with one attached hydrogen (secondary N) is 1. The molecule has 1 atom stereocenters. The van der Waals surface area contributed by atoms with Crippen LogP contribution in [-0.2, 0) is 32.6 Å². The van der Waals surface area contributed by atoms with Crippen LogP contribution < -0.4 is 9.62 Å². The zero-order valence-corrected chi connectivity index (χ0v) is 26.6. The van der Waals surface area contributed by atoms with E-state index in [4.69, 9.17) is 0 Å². The number of hydrogen-bond donors (Lipinski definition) is 1. The van der Waals surface area contributed by atoms with E-state index in [2.05, 4.69) is 5.32 Å². The minimum atomic E-state index is -4.13. The highest BCUT2D eigenvalue weighted by molar-refractivity contribution is 7.92. The molecule has 7 nitrogen and oxygen atoms in total. The number of benzene rings is 4. The molecule has 230 valence electrons. The molecule has 0 aromatic heterocycles. The van der Waals surface area contributed by atoms with Crippen LogP contribution in [0.3, 0.4) is 0 Å². The minimum Gasteiger partial charge on any atom is -0.354 e. The summed E-state index contributed by atoms with van der Waals surface area (Å²) in [7, 11) is -4.13. The summed E-state index contributed by atoms with van der Waals surface area (Å²) in [5, 5.41) is 3.02. The molecule has 0 aliphatic heterocycles. The Morgan fingerprint density at radius 3 is 1.93 bits per heavy atom. The quantitative estimate of drug-likeness (QED) is 0.204. The van der Waals surface area contributed by atoms with Crippen molar-refractivity contribution < 1.29 is 18.0 Å². The third-order valence-electron chi connectivity index (χ3n) is 7.55. The van der Waals surface area contributed by atoms with Gasteiger partial charge in [0.05, 0.1) is 10.6 Å². The zero-order valence-electron chi connectivity index (χ0n) is 25.8. The first-order valence-corrected chi connectivity index (χ1v) is 16.3. The van der Waals surface area contributed by atoms with Gasteiger partial charge in [0, 0.05) is 19.5 Å². The van der Waals surface area contributed by atoms with Crippen molar-refractivity contribution in [3.8, 4) is 0 Å². The first-order valence-electron chi connectivity index (χ1n) is 14.9. The highest BCUT2D eigenvalue weighted by Gasteiger charge is 2.35. The Kier molecular flexibility index (Phi) is 11.0. The Bertz CT molecular complexity index is 1660. The molecule has 1 unspecified atom stereocenters. The standard InChI is InChI=1S/C36H41N3O4S/c1-27(2)24-37-36(41)34(23-30-17-7-5-8-18-30)38(25-31-19-13-11-15-28(31)3)35(40)26-39(33-22-14-12-16-29(33)4)44(42,43)32-20-9-6-10-21-32/h5-22,27,34H,23-26H2,1-4H3,(H,37,41). The molecular weight excluding hydrogens is 570 g/mol. The van der Waals surface area contributed by atoms with E-state index >= 15 is 0 Å². The molecule has 0 saturated carbocycles. The number of para-hydroxylation sites is 1. The van der Waals surface area contributed by atoms with Crippen molar-refractivity contribution in [2.24, 2.45) is 5.92 Å². The predicted molar refractivity (Wildman–Crippen MR) is 176 cm³/mol. The smallest absolute Gasteiger partial charge is 0.264 e. The van der Waals surface area contributed by atoms with Crippen LogP contribution >= 0.6 is 0 Å². The summed E-state index contributed by atoms with van der Waals surface area (Å²) in [5.41, 5.74) is 3.86. The van der Waals surface area contributed by atoms with E-state index in [1.165, 1.54) is 17.0 Å². The molecule has 44 heavy (non-hydrogen) atoms. The van der Waals surface area contributed by atoms with Gasteiger partial charge in [-0.15, -0.1) is 0 Å². The molecule has 4 rings (SSSR count). The molecule has 1 N–H and O–H groups in total. The average molecular weight is 612 g/mol. The van der Waals surface area contributed by atoms with Gasteiger partial charge < -0.3 is 10.2 Å². The number of sulfonamides is 1. The van der Waals surface area contributed by atoms with Crippen molar-refractivity contribution in [2.75, 3.05) is 17.4 Å². The summed E-state index contributed by atoms with van der Waals surface area (Å²) in [6, 6.07) is 31.6. The van der Waals surface area contributed by atoms with Crippen molar-refractivity contribution in [3.05, 3.63) is 131 Å². The van der Waals surface area contributed by atoms with Crippen LogP contribution in [0.2, 0.25) is 0 Å². The Hall–Kier alpha value is -4.43. The van der Waals surface area contributed by atoms with Gasteiger partial charge >= 0.3 is 0 Å². The normalized spacial score (nSPS) is 12.0. The minimum absolute atomic E-state index is 0.0806. The van der Waals surface area contributed by atoms with Crippen LogP contribution in [0.1, 0.15) is 36.1 Å². The fraction of sp³-hybridized carbons (Fsp3) is 0.278. The van der Waals surface area contributed by atoms with Gasteiger partial charge in [-0.1, -0.05) is 105 Å². The number of aryl methyl sites for hydroxylation is 2. The van der Waals surface area contributed by atoms with Gasteiger partial charge in [0.1, 0.15) is 12.6 Å². The van der Waals surface area contributed by atoms with Gasteiger partial charge in [0.15, 0.2) is 0 Å². The number of hydrogen-bond acceptors (Lipinski definition) is 4. The predicted octanol–water partition coefficient (Wildman–Crippen LogP) is 5.91. The van der Waals surface area contributed by atoms with Gasteiger partial charge in [-0.05, 0) is 60.2 Å². The largest absolute Gasteiger partial charge is 0.354 e. The third kappa shape index (κ3) is 8.14. The number of carbonyl (C=O) groups excluding carboxylic acids is 2. The van der Waals surface area contributed by atoms with E-state index in [-0.39, 0.29) is 29.7 Å². The molecule has 0 spiro atoms. The second kappa shape index (κ2) is 14.8. The van der Waals surface area contributed by atoms with E-state index in [1.807, 2.05) is 94.4 Å². The van der Waals surface area contributed by atoms with Crippen molar-refractivity contribution in [1.82, 2.24) is 10.2 Å². The maximum absolute atomic E-state index is 14.5. The average Bonchev–Trinajstić information content (AvgIpc) is 3.02. The molecular formula is C36H41N3O4S. The van der Waals surface area contributed by atoms with Crippen LogP contribution in [0.5, 0.6) is 0 Å². The van der Waals surface area contributed by atoms with Gasteiger partial charge in [-0.2, -0.15) is 0 Å². The summed E-state index contributed by atoms with van der Waals surface area (Å²) in [6.45, 7) is 7.92. The number of rotatable bonds is 13. The monoisotopic (exact) mass is 611 g/mol. The fourth-order valence-electron chi connectivity index (χ4n) is 5.02. The first-order chi connectivity index (χ1) is 21.1. The Morgan fingerprint density at radius 1 is 0.750 bits per heavy atom. The summed E-state index contributed by atoms with van der Waals surface area (Å²) in [4.78, 5) is 30.0. The van der Waals surface area contributed by atoms with E-state index in [1.54, 1.807) is 30.3 Å². The Morgan fingerprint density at radius 2 is 1.32 bits per heavy atom. The molecule has 0 bridgehead atoms. The van der Waals surface area contributed by atoms with Gasteiger partial charge in [0.2, 0.25) is 11.8 Å². The fourth-order valence-corrected chi connectivity index (χ4v) is 6.52. The highest BCUT2D eigenvalue weighted by atomic mass is 32.2. The Labute approximate surface area is 261 Å². The molecule has 2 amide bonds. The number of nitrogens with zero attached hydrogens (tertiary/aromatic N) is 2. The van der Waals surface area contributed by atoms with Crippen LogP contribution in [0.25, 0.3) is 0 Å². The van der Waals surface area contributed by atoms with E-state index in [9.17, 15) is 18.0 Å². The van der Waals surface area contributed by atoms with Crippen LogP contribution in [0.15, 0.2) is 114 Å². The summed E-state index contributed by atoms with van der Waals surface area (Å²) in [5.74, 6) is -0.543. The molecule has 4 aromatic rings. The first kappa shape index (κ1) is 32.5. The lowest BCUT2D eigenvalue weighted by atomic mass is 10.0. The van der Waals surface area contributed by atoms with E-state index in [0.717, 1.165) is 21.0 Å². The lowest BCUT2D eigenvalue weighted by molar-refractivity contribution is -0.140. The van der Waals surface area contributed by atoms with E-state index < -0.39 is 28.5 Å². The van der Waals surface area contributed by atoms with Crippen LogP contribution in [0.4, 0.5) is 5.69 Å². The second-order valence-electron chi connectivity index (χ2n) is 11.4. The second-order valence-corrected chi connectivity index (χ2v) is 13.3. The summed E-state index contributed by atoms with van der Waals surface area (Å²) in [6.07, 6.45) is 0.276. The van der Waals surface area contributed by atoms with Crippen LogP contribution in [-0.4, -0.2) is 44.3 Å². The lowest BCUT2D eigenvalue weighted by Gasteiger charge is -2.34. The maximum atomic E-state index is 14.5. The molecule has 8 heteroatoms. The molecule has 0 aliphatic carbocycles. The van der Waals surface area contributed by atoms with Crippen molar-refractivity contribution in [1.29, 1.82) is 0 Å². The molecule has 0 fully saturated rings. The van der Waals surface area contributed by atoms with Crippen molar-refractivity contribution >= 4 is 27.5 Å². The Balaban J connectivity index is 1.81. The summed E-state index contributed by atoms with van der Waals surface area (Å²) >= 11 is 0. The number of anilines is 1. The van der Waals surface area contributed by atoms with Crippen LogP contribution in [0, 0.1) is 19.8 Å². The molecule has 0 heterocycles. The van der Waals surface area contributed by atoms with Crippen molar-refractivity contribution in [2.45, 2.75) is 51.6 Å². The topological polar surface area (TPSA) is 86.8 Å².